The van der Waals surface area contributed by atoms with Crippen molar-refractivity contribution in [2.75, 3.05) is 7.11 Å². The maximum absolute atomic E-state index is 5.37. The molecule has 0 bridgehead atoms. The molecule has 50 valence electrons. The van der Waals surface area contributed by atoms with Crippen LogP contribution in [-0.2, 0) is 4.74 Å². The normalized spacial score (nSPS) is 67.0. The Labute approximate surface area is 55.4 Å². The van der Waals surface area contributed by atoms with E-state index in [1.807, 2.05) is 7.11 Å². The molecule has 0 aromatic carbocycles. The minimum atomic E-state index is 0.689. The van der Waals surface area contributed by atoms with Crippen LogP contribution in [0.25, 0.3) is 0 Å². The van der Waals surface area contributed by atoms with Crippen LogP contribution in [0, 0.1) is 23.7 Å². The molecule has 1 nitrogen and oxygen atoms in total. The van der Waals surface area contributed by atoms with Crippen LogP contribution in [0.1, 0.15) is 12.8 Å². The van der Waals surface area contributed by atoms with E-state index in [9.17, 15) is 0 Å². The molecule has 3 aliphatic carbocycles. The van der Waals surface area contributed by atoms with Crippen molar-refractivity contribution < 1.29 is 4.74 Å². The smallest absolute Gasteiger partial charge is 0.0636 e. The Morgan fingerprint density at radius 1 is 1.11 bits per heavy atom. The Kier molecular flexibility index (Phi) is 0.628. The Hall–Kier alpha value is -0.0400. The first-order valence-electron chi connectivity index (χ1n) is 3.96. The first kappa shape index (κ1) is 4.73. The predicted octanol–water partition coefficient (Wildman–Crippen LogP) is 1.29. The maximum Gasteiger partial charge on any atom is 0.0636 e. The van der Waals surface area contributed by atoms with Crippen LogP contribution in [0.15, 0.2) is 0 Å². The lowest BCUT2D eigenvalue weighted by atomic mass is 9.79. The highest BCUT2D eigenvalue weighted by Gasteiger charge is 2.72. The van der Waals surface area contributed by atoms with Gasteiger partial charge in [-0.05, 0) is 36.5 Å². The summed E-state index contributed by atoms with van der Waals surface area (Å²) in [5.74, 6) is 4.26. The number of rotatable bonds is 1. The van der Waals surface area contributed by atoms with Gasteiger partial charge in [-0.25, -0.2) is 0 Å². The third-order valence-electron chi connectivity index (χ3n) is 3.69. The highest BCUT2D eigenvalue weighted by Crippen LogP contribution is 2.73. The van der Waals surface area contributed by atoms with E-state index in [0.717, 1.165) is 23.7 Å². The fourth-order valence-corrected chi connectivity index (χ4v) is 3.31. The highest BCUT2D eigenvalue weighted by atomic mass is 16.5. The predicted molar refractivity (Wildman–Crippen MR) is 34.0 cm³/mol. The lowest BCUT2D eigenvalue weighted by molar-refractivity contribution is -0.0352. The van der Waals surface area contributed by atoms with Crippen molar-refractivity contribution in [3.8, 4) is 0 Å². The molecule has 3 rings (SSSR count). The van der Waals surface area contributed by atoms with Gasteiger partial charge in [0.2, 0.25) is 0 Å². The maximum atomic E-state index is 5.37. The van der Waals surface area contributed by atoms with E-state index >= 15 is 0 Å². The van der Waals surface area contributed by atoms with E-state index in [1.54, 1.807) is 0 Å². The topological polar surface area (TPSA) is 9.23 Å². The molecule has 3 aliphatic rings. The first-order valence-corrected chi connectivity index (χ1v) is 3.96. The zero-order valence-corrected chi connectivity index (χ0v) is 5.71. The first-order chi connectivity index (χ1) is 4.43. The summed E-state index contributed by atoms with van der Waals surface area (Å²) in [6.07, 6.45) is 3.67. The molecule has 0 N–H and O–H groups in total. The van der Waals surface area contributed by atoms with E-state index in [-0.39, 0.29) is 0 Å². The van der Waals surface area contributed by atoms with E-state index in [0.29, 0.717) is 6.10 Å². The zero-order valence-electron chi connectivity index (χ0n) is 5.71. The van der Waals surface area contributed by atoms with Crippen LogP contribution in [0.3, 0.4) is 0 Å². The van der Waals surface area contributed by atoms with E-state index in [4.69, 9.17) is 4.74 Å². The Balaban J connectivity index is 1.86. The summed E-state index contributed by atoms with van der Waals surface area (Å²) in [5.41, 5.74) is 0. The molecule has 0 heterocycles. The van der Waals surface area contributed by atoms with Crippen LogP contribution in [0.5, 0.6) is 0 Å². The lowest BCUT2D eigenvalue weighted by Gasteiger charge is -2.34. The number of hydrogen-bond acceptors (Lipinski definition) is 1. The molecule has 0 aromatic heterocycles. The van der Waals surface area contributed by atoms with Crippen LogP contribution < -0.4 is 0 Å². The third-order valence-corrected chi connectivity index (χ3v) is 3.69. The summed E-state index contributed by atoms with van der Waals surface area (Å²) in [4.78, 5) is 0. The van der Waals surface area contributed by atoms with E-state index < -0.39 is 0 Å². The monoisotopic (exact) mass is 124 g/mol. The summed E-state index contributed by atoms with van der Waals surface area (Å²) < 4.78 is 5.37. The molecular formula is C8H12O. The zero-order chi connectivity index (χ0) is 6.01. The van der Waals surface area contributed by atoms with Gasteiger partial charge in [0.25, 0.3) is 0 Å². The molecular weight excluding hydrogens is 112 g/mol. The van der Waals surface area contributed by atoms with Crippen molar-refractivity contribution in [3.05, 3.63) is 0 Å². The van der Waals surface area contributed by atoms with Gasteiger partial charge in [0.15, 0.2) is 0 Å². The van der Waals surface area contributed by atoms with Crippen molar-refractivity contribution in [1.29, 1.82) is 0 Å². The summed E-state index contributed by atoms with van der Waals surface area (Å²) in [6.45, 7) is 0. The summed E-state index contributed by atoms with van der Waals surface area (Å²) in [6, 6.07) is 0. The Morgan fingerprint density at radius 3 is 2.22 bits per heavy atom. The minimum Gasteiger partial charge on any atom is -0.381 e. The van der Waals surface area contributed by atoms with Crippen molar-refractivity contribution in [2.24, 2.45) is 23.7 Å². The van der Waals surface area contributed by atoms with Gasteiger partial charge in [-0.15, -0.1) is 0 Å². The molecule has 0 radical (unpaired) electrons. The SMILES string of the molecule is CO[C@@H]1[C@H]2CC[C@@H]3[C@H]2[C@@H]31. The Bertz CT molecular complexity index is 151. The largest absolute Gasteiger partial charge is 0.381 e. The second-order valence-electron chi connectivity index (χ2n) is 3.76. The van der Waals surface area contributed by atoms with Crippen molar-refractivity contribution in [3.63, 3.8) is 0 Å². The van der Waals surface area contributed by atoms with Crippen molar-refractivity contribution >= 4 is 0 Å². The van der Waals surface area contributed by atoms with Gasteiger partial charge in [-0.2, -0.15) is 0 Å². The van der Waals surface area contributed by atoms with E-state index in [1.165, 1.54) is 12.8 Å². The Morgan fingerprint density at radius 2 is 1.89 bits per heavy atom. The molecule has 0 spiro atoms. The quantitative estimate of drug-likeness (QED) is 0.511. The second kappa shape index (κ2) is 1.20. The fourth-order valence-electron chi connectivity index (χ4n) is 3.31. The van der Waals surface area contributed by atoms with Crippen LogP contribution in [0.4, 0.5) is 0 Å². The molecule has 5 atom stereocenters. The third kappa shape index (κ3) is 0.337. The average Bonchev–Trinajstić information content (AvgIpc) is 2.31. The van der Waals surface area contributed by atoms with E-state index in [2.05, 4.69) is 0 Å². The average molecular weight is 124 g/mol. The standard InChI is InChI=1S/C8H12O/c1-9-8-5-3-2-4-6(5)7(4)8/h4-8H,2-3H2,1H3/t4-,5+,6-,7-,8-/m1/s1. The van der Waals surface area contributed by atoms with Crippen LogP contribution >= 0.6 is 0 Å². The fraction of sp³-hybridized carbons (Fsp3) is 1.00. The lowest BCUT2D eigenvalue weighted by Crippen LogP contribution is -2.37. The number of fused-ring (bicyclic) bond motifs is 1. The van der Waals surface area contributed by atoms with Crippen molar-refractivity contribution in [1.82, 2.24) is 0 Å². The van der Waals surface area contributed by atoms with Gasteiger partial charge in [-0.1, -0.05) is 0 Å². The number of methoxy groups -OCH3 is 1. The summed E-state index contributed by atoms with van der Waals surface area (Å²) in [7, 11) is 1.87. The van der Waals surface area contributed by atoms with Crippen molar-refractivity contribution in [2.45, 2.75) is 18.9 Å². The van der Waals surface area contributed by atoms with Gasteiger partial charge in [0, 0.05) is 7.11 Å². The molecule has 1 heteroatoms. The van der Waals surface area contributed by atoms with Crippen LogP contribution in [-0.4, -0.2) is 13.2 Å². The molecule has 0 unspecified atom stereocenters. The summed E-state index contributed by atoms with van der Waals surface area (Å²) >= 11 is 0. The number of ether oxygens (including phenoxy) is 1. The minimum absolute atomic E-state index is 0.689. The molecule has 0 amide bonds. The molecule has 0 aromatic rings. The molecule has 0 saturated heterocycles. The van der Waals surface area contributed by atoms with Gasteiger partial charge in [0.05, 0.1) is 6.10 Å². The second-order valence-corrected chi connectivity index (χ2v) is 3.76. The van der Waals surface area contributed by atoms with Gasteiger partial charge in [-0.3, -0.25) is 0 Å². The number of hydrogen-bond donors (Lipinski definition) is 0. The van der Waals surface area contributed by atoms with Gasteiger partial charge < -0.3 is 4.74 Å². The molecule has 3 fully saturated rings. The molecule has 0 aliphatic heterocycles. The highest BCUT2D eigenvalue weighted by molar-refractivity contribution is 5.20. The van der Waals surface area contributed by atoms with Gasteiger partial charge >= 0.3 is 0 Å². The summed E-state index contributed by atoms with van der Waals surface area (Å²) in [5, 5.41) is 0. The van der Waals surface area contributed by atoms with Gasteiger partial charge in [0.1, 0.15) is 0 Å². The molecule has 3 saturated carbocycles. The molecule has 9 heavy (non-hydrogen) atoms. The van der Waals surface area contributed by atoms with Crippen LogP contribution in [0.2, 0.25) is 0 Å².